The van der Waals surface area contributed by atoms with Crippen LogP contribution in [0.2, 0.25) is 0 Å². The van der Waals surface area contributed by atoms with Gasteiger partial charge in [0.1, 0.15) is 5.75 Å². The smallest absolute Gasteiger partial charge is 0.419 e. The summed E-state index contributed by atoms with van der Waals surface area (Å²) >= 11 is 0. The van der Waals surface area contributed by atoms with Crippen molar-refractivity contribution in [3.8, 4) is 5.75 Å². The third-order valence-electron chi connectivity index (χ3n) is 2.60. The van der Waals surface area contributed by atoms with E-state index in [9.17, 15) is 18.0 Å². The van der Waals surface area contributed by atoms with E-state index in [1.54, 1.807) is 0 Å². The Bertz CT molecular complexity index is 461. The molecule has 0 saturated carbocycles. The zero-order chi connectivity index (χ0) is 15.2. The van der Waals surface area contributed by atoms with Crippen molar-refractivity contribution < 1.29 is 27.4 Å². The number of methoxy groups -OCH3 is 1. The van der Waals surface area contributed by atoms with Gasteiger partial charge in [0, 0.05) is 13.0 Å². The van der Waals surface area contributed by atoms with Crippen molar-refractivity contribution >= 4 is 5.97 Å². The highest BCUT2D eigenvalue weighted by Crippen LogP contribution is 2.36. The first-order valence-corrected chi connectivity index (χ1v) is 5.98. The zero-order valence-corrected chi connectivity index (χ0v) is 11.0. The maximum atomic E-state index is 12.9. The second-order valence-corrected chi connectivity index (χ2v) is 4.06. The monoisotopic (exact) mass is 291 g/mol. The molecule has 0 atom stereocenters. The third-order valence-corrected chi connectivity index (χ3v) is 2.60. The highest BCUT2D eigenvalue weighted by Gasteiger charge is 2.34. The van der Waals surface area contributed by atoms with E-state index in [4.69, 9.17) is 10.5 Å². The van der Waals surface area contributed by atoms with Crippen molar-refractivity contribution in [3.63, 3.8) is 0 Å². The van der Waals surface area contributed by atoms with Gasteiger partial charge >= 0.3 is 12.1 Å². The number of carbonyl (C=O) groups is 1. The molecule has 2 N–H and O–H groups in total. The molecule has 0 aliphatic heterocycles. The molecule has 0 saturated heterocycles. The molecule has 1 rings (SSSR count). The number of alkyl halides is 3. The van der Waals surface area contributed by atoms with Crippen molar-refractivity contribution in [2.45, 2.75) is 25.6 Å². The molecule has 1 aromatic rings. The van der Waals surface area contributed by atoms with Crippen LogP contribution in [0.25, 0.3) is 0 Å². The standard InChI is InChI=1S/C13H16F3NO3/c1-19-12(18)3-2-6-20-11-5-4-9(8-17)7-10(11)13(14,15)16/h4-5,7H,2-3,6,8,17H2,1H3. The van der Waals surface area contributed by atoms with Crippen molar-refractivity contribution in [3.05, 3.63) is 29.3 Å². The molecular formula is C13H16F3NO3. The summed E-state index contributed by atoms with van der Waals surface area (Å²) in [5.74, 6) is -0.692. The number of hydrogen-bond acceptors (Lipinski definition) is 4. The summed E-state index contributed by atoms with van der Waals surface area (Å²) in [5, 5.41) is 0. The predicted molar refractivity (Wildman–Crippen MR) is 66.1 cm³/mol. The quantitative estimate of drug-likeness (QED) is 0.646. The molecule has 0 fully saturated rings. The third kappa shape index (κ3) is 4.73. The van der Waals surface area contributed by atoms with E-state index < -0.39 is 17.7 Å². The van der Waals surface area contributed by atoms with Crippen molar-refractivity contribution in [2.75, 3.05) is 13.7 Å². The summed E-state index contributed by atoms with van der Waals surface area (Å²) in [5.41, 5.74) is 4.83. The van der Waals surface area contributed by atoms with E-state index in [1.165, 1.54) is 19.2 Å². The fraction of sp³-hybridized carbons (Fsp3) is 0.462. The van der Waals surface area contributed by atoms with Gasteiger partial charge in [0.25, 0.3) is 0 Å². The number of rotatable bonds is 6. The second kappa shape index (κ2) is 7.14. The van der Waals surface area contributed by atoms with Gasteiger partial charge in [-0.3, -0.25) is 4.79 Å². The van der Waals surface area contributed by atoms with E-state index in [-0.39, 0.29) is 31.7 Å². The lowest BCUT2D eigenvalue weighted by Crippen LogP contribution is -2.11. The first-order chi connectivity index (χ1) is 9.38. The van der Waals surface area contributed by atoms with Crippen LogP contribution in [-0.2, 0) is 22.3 Å². The van der Waals surface area contributed by atoms with Gasteiger partial charge in [-0.1, -0.05) is 6.07 Å². The number of ether oxygens (including phenoxy) is 2. The van der Waals surface area contributed by atoms with E-state index in [0.29, 0.717) is 5.56 Å². The maximum Gasteiger partial charge on any atom is 0.419 e. The molecule has 4 nitrogen and oxygen atoms in total. The Morgan fingerprint density at radius 3 is 2.60 bits per heavy atom. The largest absolute Gasteiger partial charge is 0.493 e. The Balaban J connectivity index is 2.72. The molecule has 0 unspecified atom stereocenters. The van der Waals surface area contributed by atoms with Crippen LogP contribution in [0.1, 0.15) is 24.0 Å². The summed E-state index contributed by atoms with van der Waals surface area (Å²) in [6.07, 6.45) is -4.13. The Labute approximate surface area is 114 Å². The lowest BCUT2D eigenvalue weighted by molar-refractivity contribution is -0.141. The number of esters is 1. The number of carbonyl (C=O) groups excluding carboxylic acids is 1. The number of nitrogens with two attached hydrogens (primary N) is 1. The lowest BCUT2D eigenvalue weighted by atomic mass is 10.1. The van der Waals surface area contributed by atoms with Crippen LogP contribution in [0.15, 0.2) is 18.2 Å². The first-order valence-electron chi connectivity index (χ1n) is 5.98. The Kier molecular flexibility index (Phi) is 5.82. The molecule has 20 heavy (non-hydrogen) atoms. The summed E-state index contributed by atoms with van der Waals surface area (Å²) in [6.45, 7) is 0.0197. The molecule has 0 heterocycles. The van der Waals surface area contributed by atoms with E-state index in [2.05, 4.69) is 4.74 Å². The number of benzene rings is 1. The van der Waals surface area contributed by atoms with Crippen LogP contribution in [0, 0.1) is 0 Å². The fourth-order valence-corrected chi connectivity index (χ4v) is 1.55. The highest BCUT2D eigenvalue weighted by molar-refractivity contribution is 5.69. The van der Waals surface area contributed by atoms with Crippen molar-refractivity contribution in [2.24, 2.45) is 5.73 Å². The molecule has 0 aliphatic carbocycles. The molecule has 0 aliphatic rings. The fourth-order valence-electron chi connectivity index (χ4n) is 1.55. The Morgan fingerprint density at radius 2 is 2.05 bits per heavy atom. The molecule has 112 valence electrons. The molecule has 0 radical (unpaired) electrons. The minimum Gasteiger partial charge on any atom is -0.493 e. The topological polar surface area (TPSA) is 61.5 Å². The predicted octanol–water partition coefficient (Wildman–Crippen LogP) is 2.50. The summed E-state index contributed by atoms with van der Waals surface area (Å²) in [7, 11) is 1.25. The molecule has 0 spiro atoms. The van der Waals surface area contributed by atoms with Crippen LogP contribution in [0.4, 0.5) is 13.2 Å². The average molecular weight is 291 g/mol. The van der Waals surface area contributed by atoms with Gasteiger partial charge in [0.15, 0.2) is 0 Å². The van der Waals surface area contributed by atoms with Gasteiger partial charge in [-0.25, -0.2) is 0 Å². The zero-order valence-electron chi connectivity index (χ0n) is 11.0. The average Bonchev–Trinajstić information content (AvgIpc) is 2.42. The van der Waals surface area contributed by atoms with Crippen LogP contribution in [-0.4, -0.2) is 19.7 Å². The summed E-state index contributed by atoms with van der Waals surface area (Å²) in [4.78, 5) is 10.9. The minimum atomic E-state index is -4.51. The van der Waals surface area contributed by atoms with Crippen LogP contribution < -0.4 is 10.5 Å². The lowest BCUT2D eigenvalue weighted by Gasteiger charge is -2.15. The van der Waals surface area contributed by atoms with Crippen LogP contribution in [0.5, 0.6) is 5.75 Å². The van der Waals surface area contributed by atoms with Crippen molar-refractivity contribution in [1.29, 1.82) is 0 Å². The van der Waals surface area contributed by atoms with Gasteiger partial charge in [-0.2, -0.15) is 13.2 Å². The van der Waals surface area contributed by atoms with Crippen molar-refractivity contribution in [1.82, 2.24) is 0 Å². The molecule has 7 heteroatoms. The van der Waals surface area contributed by atoms with Gasteiger partial charge in [-0.05, 0) is 24.1 Å². The maximum absolute atomic E-state index is 12.9. The first kappa shape index (κ1) is 16.3. The molecule has 0 amide bonds. The molecule has 0 bridgehead atoms. The highest BCUT2D eigenvalue weighted by atomic mass is 19.4. The van der Waals surface area contributed by atoms with E-state index in [1.807, 2.05) is 0 Å². The van der Waals surface area contributed by atoms with Crippen LogP contribution >= 0.6 is 0 Å². The molecular weight excluding hydrogens is 275 g/mol. The van der Waals surface area contributed by atoms with Gasteiger partial charge in [0.05, 0.1) is 19.3 Å². The molecule has 1 aromatic carbocycles. The normalized spacial score (nSPS) is 11.2. The van der Waals surface area contributed by atoms with Gasteiger partial charge in [-0.15, -0.1) is 0 Å². The Hall–Kier alpha value is -1.76. The summed E-state index contributed by atoms with van der Waals surface area (Å²) < 4.78 is 48.1. The van der Waals surface area contributed by atoms with Crippen LogP contribution in [0.3, 0.4) is 0 Å². The summed E-state index contributed by atoms with van der Waals surface area (Å²) in [6, 6.07) is 3.68. The Morgan fingerprint density at radius 1 is 1.35 bits per heavy atom. The van der Waals surface area contributed by atoms with Gasteiger partial charge < -0.3 is 15.2 Å². The van der Waals surface area contributed by atoms with Gasteiger partial charge in [0.2, 0.25) is 0 Å². The number of halogens is 3. The molecule has 0 aromatic heterocycles. The SMILES string of the molecule is COC(=O)CCCOc1ccc(CN)cc1C(F)(F)F. The second-order valence-electron chi connectivity index (χ2n) is 4.06. The minimum absolute atomic E-state index is 0.000150. The van der Waals surface area contributed by atoms with E-state index in [0.717, 1.165) is 6.07 Å². The van der Waals surface area contributed by atoms with E-state index >= 15 is 0 Å². The number of hydrogen-bond donors (Lipinski definition) is 1.